The first-order chi connectivity index (χ1) is 10.7. The minimum atomic E-state index is -0.456. The first kappa shape index (κ1) is 16.0. The van der Waals surface area contributed by atoms with Gasteiger partial charge in [-0.15, -0.1) is 0 Å². The van der Waals surface area contributed by atoms with Gasteiger partial charge in [-0.05, 0) is 38.7 Å². The predicted molar refractivity (Wildman–Crippen MR) is 86.9 cm³/mol. The second-order valence-electron chi connectivity index (χ2n) is 6.93. The van der Waals surface area contributed by atoms with Crippen molar-refractivity contribution in [2.45, 2.75) is 45.4 Å². The van der Waals surface area contributed by atoms with Crippen LogP contribution >= 0.6 is 0 Å². The molecule has 23 heavy (non-hydrogen) atoms. The predicted octanol–water partition coefficient (Wildman–Crippen LogP) is 1.41. The van der Waals surface area contributed by atoms with Gasteiger partial charge in [0.15, 0.2) is 0 Å². The van der Waals surface area contributed by atoms with Crippen molar-refractivity contribution in [2.75, 3.05) is 0 Å². The highest BCUT2D eigenvalue weighted by Gasteiger charge is 2.51. The van der Waals surface area contributed by atoms with Crippen molar-refractivity contribution in [3.05, 3.63) is 42.0 Å². The third-order valence-electron chi connectivity index (χ3n) is 4.72. The molecule has 0 atom stereocenters. The van der Waals surface area contributed by atoms with Crippen LogP contribution in [0.15, 0.2) is 36.4 Å². The molecule has 0 radical (unpaired) electrons. The van der Waals surface area contributed by atoms with Crippen molar-refractivity contribution >= 4 is 24.4 Å². The van der Waals surface area contributed by atoms with Gasteiger partial charge in [0, 0.05) is 12.2 Å². The Bertz CT molecular complexity index is 662. The molecular weight excluding hydrogens is 293 g/mol. The Labute approximate surface area is 136 Å². The Balaban J connectivity index is 1.79. The van der Waals surface area contributed by atoms with E-state index in [2.05, 4.69) is 0 Å². The summed E-state index contributed by atoms with van der Waals surface area (Å²) < 4.78 is 12.1. The van der Waals surface area contributed by atoms with Crippen molar-refractivity contribution in [2.24, 2.45) is 0 Å². The minimum Gasteiger partial charge on any atom is -0.399 e. The van der Waals surface area contributed by atoms with Crippen LogP contribution in [0.25, 0.3) is 0 Å². The molecule has 2 amide bonds. The zero-order valence-electron chi connectivity index (χ0n) is 13.8. The maximum atomic E-state index is 11.7. The van der Waals surface area contributed by atoms with Gasteiger partial charge >= 0.3 is 7.12 Å². The van der Waals surface area contributed by atoms with E-state index in [4.69, 9.17) is 9.31 Å². The van der Waals surface area contributed by atoms with E-state index in [0.717, 1.165) is 11.0 Å². The number of amides is 2. The molecule has 0 N–H and O–H groups in total. The van der Waals surface area contributed by atoms with Crippen molar-refractivity contribution < 1.29 is 18.9 Å². The van der Waals surface area contributed by atoms with Gasteiger partial charge in [-0.1, -0.05) is 24.3 Å². The summed E-state index contributed by atoms with van der Waals surface area (Å²) in [6.45, 7) is 8.26. The first-order valence-electron chi connectivity index (χ1n) is 7.68. The molecule has 0 spiro atoms. The summed E-state index contributed by atoms with van der Waals surface area (Å²) in [5, 5.41) is 0. The molecule has 0 bridgehead atoms. The largest absolute Gasteiger partial charge is 0.494 e. The number of hydrogen-bond acceptors (Lipinski definition) is 4. The van der Waals surface area contributed by atoms with Crippen LogP contribution in [0.2, 0.25) is 0 Å². The van der Waals surface area contributed by atoms with Gasteiger partial charge in [-0.3, -0.25) is 14.5 Å². The van der Waals surface area contributed by atoms with E-state index in [1.54, 1.807) is 0 Å². The Morgan fingerprint density at radius 1 is 1.00 bits per heavy atom. The normalized spacial score (nSPS) is 22.3. The number of hydrogen-bond donors (Lipinski definition) is 0. The summed E-state index contributed by atoms with van der Waals surface area (Å²) >= 11 is 0. The van der Waals surface area contributed by atoms with Gasteiger partial charge in [0.05, 0.1) is 17.7 Å². The first-order valence-corrected chi connectivity index (χ1v) is 7.68. The lowest BCUT2D eigenvalue weighted by atomic mass is 9.78. The average molecular weight is 313 g/mol. The molecule has 3 rings (SSSR count). The van der Waals surface area contributed by atoms with Gasteiger partial charge in [0.2, 0.25) is 0 Å². The summed E-state index contributed by atoms with van der Waals surface area (Å²) in [7, 11) is -0.456. The number of rotatable bonds is 3. The molecule has 1 fully saturated rings. The van der Waals surface area contributed by atoms with Crippen LogP contribution in [-0.2, 0) is 25.4 Å². The molecule has 6 heteroatoms. The highest BCUT2D eigenvalue weighted by atomic mass is 16.7. The zero-order chi connectivity index (χ0) is 16.8. The van der Waals surface area contributed by atoms with Crippen molar-refractivity contribution in [3.63, 3.8) is 0 Å². The monoisotopic (exact) mass is 313 g/mol. The number of carbonyl (C=O) groups excluding carboxylic acids is 2. The van der Waals surface area contributed by atoms with E-state index in [-0.39, 0.29) is 18.4 Å². The second-order valence-corrected chi connectivity index (χ2v) is 6.93. The zero-order valence-corrected chi connectivity index (χ0v) is 13.8. The average Bonchev–Trinajstić information content (AvgIpc) is 2.89. The Morgan fingerprint density at radius 3 is 2.13 bits per heavy atom. The maximum absolute atomic E-state index is 11.7. The molecule has 1 aromatic rings. The summed E-state index contributed by atoms with van der Waals surface area (Å²) in [6, 6.07) is 7.61. The number of benzene rings is 1. The van der Waals surface area contributed by atoms with Gasteiger partial charge in [-0.2, -0.15) is 0 Å². The molecule has 2 heterocycles. The van der Waals surface area contributed by atoms with E-state index >= 15 is 0 Å². The quantitative estimate of drug-likeness (QED) is 0.625. The van der Waals surface area contributed by atoms with E-state index < -0.39 is 18.3 Å². The van der Waals surface area contributed by atoms with Crippen LogP contribution < -0.4 is 5.46 Å². The van der Waals surface area contributed by atoms with Crippen LogP contribution in [0.5, 0.6) is 0 Å². The van der Waals surface area contributed by atoms with Crippen LogP contribution in [0.4, 0.5) is 0 Å². The smallest absolute Gasteiger partial charge is 0.399 e. The molecule has 0 unspecified atom stereocenters. The highest BCUT2D eigenvalue weighted by Crippen LogP contribution is 2.36. The number of carbonyl (C=O) groups is 2. The lowest BCUT2D eigenvalue weighted by molar-refractivity contribution is -0.137. The van der Waals surface area contributed by atoms with Gasteiger partial charge < -0.3 is 9.31 Å². The number of nitrogens with zero attached hydrogens (tertiary/aromatic N) is 1. The molecule has 5 nitrogen and oxygen atoms in total. The second kappa shape index (κ2) is 5.32. The molecule has 120 valence electrons. The van der Waals surface area contributed by atoms with Crippen LogP contribution in [0.3, 0.4) is 0 Å². The molecule has 0 saturated carbocycles. The van der Waals surface area contributed by atoms with E-state index in [1.807, 2.05) is 52.0 Å². The summed E-state index contributed by atoms with van der Waals surface area (Å²) in [4.78, 5) is 24.6. The SMILES string of the molecule is CC1(C)OB(c2cccc(CN3C(=O)C=CC3=O)c2)OC1(C)C. The minimum absolute atomic E-state index is 0.248. The van der Waals surface area contributed by atoms with Gasteiger partial charge in [-0.25, -0.2) is 0 Å². The summed E-state index contributed by atoms with van der Waals surface area (Å²) in [5.41, 5.74) is 0.938. The lowest BCUT2D eigenvalue weighted by Gasteiger charge is -2.32. The Morgan fingerprint density at radius 2 is 1.57 bits per heavy atom. The molecule has 1 saturated heterocycles. The third-order valence-corrected chi connectivity index (χ3v) is 4.72. The highest BCUT2D eigenvalue weighted by molar-refractivity contribution is 6.62. The van der Waals surface area contributed by atoms with E-state index in [0.29, 0.717) is 0 Å². The Kier molecular flexibility index (Phi) is 3.69. The topological polar surface area (TPSA) is 55.8 Å². The standard InChI is InChI=1S/C17H20BNO4/c1-16(2)17(3,4)23-18(22-16)13-7-5-6-12(10-13)11-19-14(20)8-9-15(19)21/h5-10H,11H2,1-4H3. The van der Waals surface area contributed by atoms with Crippen LogP contribution in [0, 0.1) is 0 Å². The van der Waals surface area contributed by atoms with Crippen molar-refractivity contribution in [1.82, 2.24) is 4.90 Å². The van der Waals surface area contributed by atoms with Gasteiger partial charge in [0.1, 0.15) is 0 Å². The fraction of sp³-hybridized carbons (Fsp3) is 0.412. The summed E-state index contributed by atoms with van der Waals surface area (Å²) in [5.74, 6) is -0.563. The van der Waals surface area contributed by atoms with Gasteiger partial charge in [0.25, 0.3) is 11.8 Å². The molecular formula is C17H20BNO4. The molecule has 0 aromatic heterocycles. The summed E-state index contributed by atoms with van der Waals surface area (Å²) in [6.07, 6.45) is 2.58. The fourth-order valence-corrected chi connectivity index (χ4v) is 2.59. The van der Waals surface area contributed by atoms with Crippen LogP contribution in [-0.4, -0.2) is 35.0 Å². The molecule has 2 aliphatic rings. The van der Waals surface area contributed by atoms with E-state index in [9.17, 15) is 9.59 Å². The van der Waals surface area contributed by atoms with Crippen molar-refractivity contribution in [3.8, 4) is 0 Å². The van der Waals surface area contributed by atoms with Crippen molar-refractivity contribution in [1.29, 1.82) is 0 Å². The fourth-order valence-electron chi connectivity index (χ4n) is 2.59. The number of imide groups is 1. The lowest BCUT2D eigenvalue weighted by Crippen LogP contribution is -2.41. The third kappa shape index (κ3) is 2.84. The van der Waals surface area contributed by atoms with E-state index in [1.165, 1.54) is 17.1 Å². The maximum Gasteiger partial charge on any atom is 0.494 e. The molecule has 0 aliphatic carbocycles. The molecule has 2 aliphatic heterocycles. The van der Waals surface area contributed by atoms with Crippen LogP contribution in [0.1, 0.15) is 33.3 Å². The molecule has 1 aromatic carbocycles. The Hall–Kier alpha value is -1.92.